The lowest BCUT2D eigenvalue weighted by Crippen LogP contribution is -2.17. The maximum atomic E-state index is 11.9. The monoisotopic (exact) mass is 269 g/mol. The molecule has 0 aliphatic heterocycles. The van der Waals surface area contributed by atoms with Crippen LogP contribution in [0.1, 0.15) is 31.4 Å². The molecule has 2 aromatic carbocycles. The SMILES string of the molecule is CCCC(OC(=O)Nc1ccccc1)c1ccccc1. The number of hydrogen-bond acceptors (Lipinski definition) is 2. The summed E-state index contributed by atoms with van der Waals surface area (Å²) in [5, 5.41) is 2.74. The van der Waals surface area contributed by atoms with Crippen molar-refractivity contribution in [3.8, 4) is 0 Å². The number of amides is 1. The van der Waals surface area contributed by atoms with Gasteiger partial charge in [0, 0.05) is 5.69 Å². The molecule has 1 N–H and O–H groups in total. The minimum atomic E-state index is -0.418. The molecule has 0 saturated carbocycles. The standard InChI is InChI=1S/C17H19NO2/c1-2-9-16(14-10-5-3-6-11-14)20-17(19)18-15-12-7-4-8-13-15/h3-8,10-13,16H,2,9H2,1H3,(H,18,19). The largest absolute Gasteiger partial charge is 0.441 e. The molecule has 0 aromatic heterocycles. The Morgan fingerprint density at radius 1 is 1.05 bits per heavy atom. The third-order valence-electron chi connectivity index (χ3n) is 2.99. The van der Waals surface area contributed by atoms with E-state index in [-0.39, 0.29) is 6.10 Å². The van der Waals surface area contributed by atoms with E-state index in [1.807, 2.05) is 60.7 Å². The minimum Gasteiger partial charge on any atom is -0.441 e. The van der Waals surface area contributed by atoms with Gasteiger partial charge in [-0.25, -0.2) is 4.79 Å². The van der Waals surface area contributed by atoms with Crippen LogP contribution >= 0.6 is 0 Å². The Balaban J connectivity index is 1.99. The van der Waals surface area contributed by atoms with Gasteiger partial charge in [-0.2, -0.15) is 0 Å². The lowest BCUT2D eigenvalue weighted by Gasteiger charge is -2.18. The van der Waals surface area contributed by atoms with E-state index in [1.54, 1.807) is 0 Å². The first-order valence-electron chi connectivity index (χ1n) is 6.87. The Hall–Kier alpha value is -2.29. The molecular weight excluding hydrogens is 250 g/mol. The fourth-order valence-corrected chi connectivity index (χ4v) is 2.02. The van der Waals surface area contributed by atoms with E-state index in [0.717, 1.165) is 24.1 Å². The second kappa shape index (κ2) is 7.34. The van der Waals surface area contributed by atoms with E-state index in [4.69, 9.17) is 4.74 Å². The highest BCUT2D eigenvalue weighted by Gasteiger charge is 2.15. The van der Waals surface area contributed by atoms with Crippen LogP contribution in [0.4, 0.5) is 10.5 Å². The van der Waals surface area contributed by atoms with E-state index in [0.29, 0.717) is 0 Å². The van der Waals surface area contributed by atoms with Crippen LogP contribution in [0.25, 0.3) is 0 Å². The van der Waals surface area contributed by atoms with Crippen molar-refractivity contribution in [3.63, 3.8) is 0 Å². The molecule has 1 amide bonds. The molecule has 0 radical (unpaired) electrons. The van der Waals surface area contributed by atoms with Gasteiger partial charge < -0.3 is 4.74 Å². The number of carbonyl (C=O) groups excluding carboxylic acids is 1. The number of benzene rings is 2. The Bertz CT molecular complexity index is 525. The van der Waals surface area contributed by atoms with Crippen molar-refractivity contribution in [1.82, 2.24) is 0 Å². The fourth-order valence-electron chi connectivity index (χ4n) is 2.02. The quantitative estimate of drug-likeness (QED) is 0.848. The Morgan fingerprint density at radius 2 is 1.65 bits per heavy atom. The highest BCUT2D eigenvalue weighted by Crippen LogP contribution is 2.23. The molecule has 0 fully saturated rings. The molecule has 3 heteroatoms. The number of hydrogen-bond donors (Lipinski definition) is 1. The van der Waals surface area contributed by atoms with Crippen LogP contribution in [0.5, 0.6) is 0 Å². The summed E-state index contributed by atoms with van der Waals surface area (Å²) < 4.78 is 5.53. The molecule has 2 aromatic rings. The van der Waals surface area contributed by atoms with E-state index in [1.165, 1.54) is 0 Å². The number of carbonyl (C=O) groups is 1. The van der Waals surface area contributed by atoms with Gasteiger partial charge in [0.05, 0.1) is 0 Å². The van der Waals surface area contributed by atoms with Gasteiger partial charge in [0.25, 0.3) is 0 Å². The van der Waals surface area contributed by atoms with E-state index in [9.17, 15) is 4.79 Å². The predicted molar refractivity (Wildman–Crippen MR) is 80.6 cm³/mol. The normalized spacial score (nSPS) is 11.7. The van der Waals surface area contributed by atoms with E-state index in [2.05, 4.69) is 12.2 Å². The Morgan fingerprint density at radius 3 is 2.25 bits per heavy atom. The highest BCUT2D eigenvalue weighted by molar-refractivity contribution is 5.84. The van der Waals surface area contributed by atoms with Gasteiger partial charge in [-0.1, -0.05) is 61.9 Å². The first kappa shape index (κ1) is 14.1. The van der Waals surface area contributed by atoms with E-state index >= 15 is 0 Å². The maximum Gasteiger partial charge on any atom is 0.412 e. The summed E-state index contributed by atoms with van der Waals surface area (Å²) in [6, 6.07) is 19.1. The number of rotatable bonds is 5. The zero-order valence-corrected chi connectivity index (χ0v) is 11.6. The number of para-hydroxylation sites is 1. The zero-order chi connectivity index (χ0) is 14.2. The minimum absolute atomic E-state index is 0.204. The van der Waals surface area contributed by atoms with Crippen LogP contribution in [0, 0.1) is 0 Å². The molecule has 20 heavy (non-hydrogen) atoms. The van der Waals surface area contributed by atoms with Crippen LogP contribution in [0.2, 0.25) is 0 Å². The lowest BCUT2D eigenvalue weighted by molar-refractivity contribution is 0.105. The summed E-state index contributed by atoms with van der Waals surface area (Å²) in [4.78, 5) is 11.9. The average Bonchev–Trinajstić information content (AvgIpc) is 2.49. The average molecular weight is 269 g/mol. The number of anilines is 1. The molecule has 2 rings (SSSR count). The molecule has 0 aliphatic carbocycles. The van der Waals surface area contributed by atoms with Crippen molar-refractivity contribution in [1.29, 1.82) is 0 Å². The van der Waals surface area contributed by atoms with Crippen molar-refractivity contribution < 1.29 is 9.53 Å². The molecule has 1 atom stereocenters. The first-order chi connectivity index (χ1) is 9.79. The predicted octanol–water partition coefficient (Wildman–Crippen LogP) is 4.78. The molecule has 0 saturated heterocycles. The van der Waals surface area contributed by atoms with Crippen molar-refractivity contribution >= 4 is 11.8 Å². The third-order valence-corrected chi connectivity index (χ3v) is 2.99. The topological polar surface area (TPSA) is 38.3 Å². The van der Waals surface area contributed by atoms with Gasteiger partial charge in [0.2, 0.25) is 0 Å². The van der Waals surface area contributed by atoms with Crippen molar-refractivity contribution in [2.45, 2.75) is 25.9 Å². The van der Waals surface area contributed by atoms with Gasteiger partial charge in [-0.15, -0.1) is 0 Å². The summed E-state index contributed by atoms with van der Waals surface area (Å²) in [7, 11) is 0. The summed E-state index contributed by atoms with van der Waals surface area (Å²) in [6.07, 6.45) is 1.15. The summed E-state index contributed by atoms with van der Waals surface area (Å²) in [5.74, 6) is 0. The van der Waals surface area contributed by atoms with Gasteiger partial charge in [-0.3, -0.25) is 5.32 Å². The molecule has 1 unspecified atom stereocenters. The zero-order valence-electron chi connectivity index (χ0n) is 11.6. The molecule has 104 valence electrons. The Labute approximate surface area is 119 Å². The second-order valence-electron chi connectivity index (χ2n) is 4.58. The summed E-state index contributed by atoms with van der Waals surface area (Å²) in [5.41, 5.74) is 1.76. The van der Waals surface area contributed by atoms with E-state index < -0.39 is 6.09 Å². The Kier molecular flexibility index (Phi) is 5.18. The lowest BCUT2D eigenvalue weighted by atomic mass is 10.1. The fraction of sp³-hybridized carbons (Fsp3) is 0.235. The van der Waals surface area contributed by atoms with Crippen LogP contribution in [-0.2, 0) is 4.74 Å². The molecule has 0 spiro atoms. The maximum absolute atomic E-state index is 11.9. The molecule has 0 heterocycles. The van der Waals surface area contributed by atoms with Crippen LogP contribution < -0.4 is 5.32 Å². The van der Waals surface area contributed by atoms with Crippen LogP contribution in [0.3, 0.4) is 0 Å². The smallest absolute Gasteiger partial charge is 0.412 e. The summed E-state index contributed by atoms with van der Waals surface area (Å²) in [6.45, 7) is 2.08. The van der Waals surface area contributed by atoms with Crippen LogP contribution in [0.15, 0.2) is 60.7 Å². The van der Waals surface area contributed by atoms with Crippen molar-refractivity contribution in [2.24, 2.45) is 0 Å². The third kappa shape index (κ3) is 4.12. The summed E-state index contributed by atoms with van der Waals surface area (Å²) >= 11 is 0. The van der Waals surface area contributed by atoms with Crippen molar-refractivity contribution in [3.05, 3.63) is 66.2 Å². The van der Waals surface area contributed by atoms with Crippen molar-refractivity contribution in [2.75, 3.05) is 5.32 Å². The first-order valence-corrected chi connectivity index (χ1v) is 6.87. The molecule has 0 bridgehead atoms. The van der Waals surface area contributed by atoms with Gasteiger partial charge in [-0.05, 0) is 24.1 Å². The number of ether oxygens (including phenoxy) is 1. The van der Waals surface area contributed by atoms with Gasteiger partial charge in [0.1, 0.15) is 6.10 Å². The molecule has 0 aliphatic rings. The number of nitrogens with one attached hydrogen (secondary N) is 1. The van der Waals surface area contributed by atoms with Gasteiger partial charge in [0.15, 0.2) is 0 Å². The molecular formula is C17H19NO2. The highest BCUT2D eigenvalue weighted by atomic mass is 16.6. The van der Waals surface area contributed by atoms with Gasteiger partial charge >= 0.3 is 6.09 Å². The second-order valence-corrected chi connectivity index (χ2v) is 4.58. The molecule has 3 nitrogen and oxygen atoms in total. The van der Waals surface area contributed by atoms with Crippen LogP contribution in [-0.4, -0.2) is 6.09 Å².